The van der Waals surface area contributed by atoms with Crippen LogP contribution in [0.5, 0.6) is 11.5 Å². The van der Waals surface area contributed by atoms with Gasteiger partial charge in [-0.25, -0.2) is 0 Å². The minimum Gasteiger partial charge on any atom is -0.872 e. The number of rotatable bonds is 22. The number of amides is 2. The molecule has 2 amide bonds. The monoisotopic (exact) mass is 698 g/mol. The molecule has 2 aromatic carbocycles. The zero-order valence-electron chi connectivity index (χ0n) is 29.1. The van der Waals surface area contributed by atoms with Crippen molar-refractivity contribution < 1.29 is 134 Å². The van der Waals surface area contributed by atoms with Crippen LogP contribution in [0.15, 0.2) is 48.5 Å². The fraction of sp³-hybridized carbons (Fsp3) is 0.529. The normalized spacial score (nSPS) is 9.50. The van der Waals surface area contributed by atoms with E-state index in [0.717, 1.165) is 83.5 Å². The van der Waals surface area contributed by atoms with E-state index >= 15 is 0 Å². The Morgan fingerprint density at radius 2 is 0.938 bits per heavy atom. The van der Waals surface area contributed by atoms with Crippen molar-refractivity contribution in [3.05, 3.63) is 59.7 Å². The number of aliphatic carboxylic acids is 2. The van der Waals surface area contributed by atoms with Crippen molar-refractivity contribution >= 4 is 23.8 Å². The second kappa shape index (κ2) is 35.7. The zero-order valence-corrected chi connectivity index (χ0v) is 35.1. The number of carbonyl (C=O) groups is 4. The Bertz CT molecular complexity index is 1050. The molecule has 0 aliphatic rings. The fourth-order valence-electron chi connectivity index (χ4n) is 4.48. The first kappa shape index (κ1) is 53.7. The van der Waals surface area contributed by atoms with E-state index in [1.807, 2.05) is 0 Å². The number of unbranched alkanes of at least 4 members (excludes halogenated alkanes) is 12. The van der Waals surface area contributed by atoms with Gasteiger partial charge in [0.25, 0.3) is 11.8 Å². The van der Waals surface area contributed by atoms with Gasteiger partial charge in [0.1, 0.15) is 5.75 Å². The van der Waals surface area contributed by atoms with Gasteiger partial charge in [0.2, 0.25) is 0 Å². The van der Waals surface area contributed by atoms with Gasteiger partial charge in [0.15, 0.2) is 0 Å². The second-order valence-electron chi connectivity index (χ2n) is 10.7. The molecule has 0 radical (unpaired) electrons. The van der Waals surface area contributed by atoms with Crippen molar-refractivity contribution in [2.75, 3.05) is 13.1 Å². The number of carboxylic acid groups (broad SMARTS) is 2. The largest absolute Gasteiger partial charge is 1.00 e. The van der Waals surface area contributed by atoms with E-state index in [1.165, 1.54) is 18.2 Å². The predicted molar refractivity (Wildman–Crippen MR) is 167 cm³/mol. The molecule has 5 N–H and O–H groups in total. The van der Waals surface area contributed by atoms with Crippen LogP contribution in [0.1, 0.15) is 123 Å². The number of benzene rings is 2. The summed E-state index contributed by atoms with van der Waals surface area (Å²) >= 11 is 0. The summed E-state index contributed by atoms with van der Waals surface area (Å²) in [5.74, 6) is -2.51. The van der Waals surface area contributed by atoms with Crippen LogP contribution in [0.2, 0.25) is 0 Å². The van der Waals surface area contributed by atoms with Gasteiger partial charge in [-0.15, -0.1) is 0 Å². The Morgan fingerprint density at radius 1 is 0.562 bits per heavy atom. The quantitative estimate of drug-likeness (QED) is 0.0690. The number of phenols is 1. The summed E-state index contributed by atoms with van der Waals surface area (Å²) in [6, 6.07) is 12.7. The van der Waals surface area contributed by atoms with Crippen LogP contribution in [0.3, 0.4) is 0 Å². The van der Waals surface area contributed by atoms with E-state index in [4.69, 9.17) is 5.11 Å². The number of nitrogens with one attached hydrogen (secondary N) is 2. The Morgan fingerprint density at radius 3 is 1.38 bits per heavy atom. The van der Waals surface area contributed by atoms with Gasteiger partial charge in [-0.1, -0.05) is 106 Å². The molecule has 0 spiro atoms. The average molecular weight is 699 g/mol. The maximum atomic E-state index is 11.8. The molecule has 0 bridgehead atoms. The molecule has 48 heavy (non-hydrogen) atoms. The molecular formula is C34H49N2Na3O9. The van der Waals surface area contributed by atoms with Gasteiger partial charge in [-0.05, 0) is 44.2 Å². The summed E-state index contributed by atoms with van der Waals surface area (Å²) < 4.78 is 0. The van der Waals surface area contributed by atoms with E-state index in [0.29, 0.717) is 25.1 Å². The van der Waals surface area contributed by atoms with E-state index in [9.17, 15) is 34.5 Å². The number of hydrogen-bond acceptors (Lipinski definition) is 8. The molecule has 0 saturated carbocycles. The second-order valence-corrected chi connectivity index (χ2v) is 10.7. The van der Waals surface area contributed by atoms with Gasteiger partial charge in [-0.3, -0.25) is 14.4 Å². The van der Waals surface area contributed by atoms with Crippen molar-refractivity contribution in [2.24, 2.45) is 0 Å². The van der Waals surface area contributed by atoms with Crippen LogP contribution in [0, 0.1) is 0 Å². The minimum atomic E-state index is -0.976. The van der Waals surface area contributed by atoms with Crippen LogP contribution in [-0.2, 0) is 9.59 Å². The molecule has 0 atom stereocenters. The van der Waals surface area contributed by atoms with Crippen molar-refractivity contribution in [2.45, 2.75) is 103 Å². The molecule has 0 unspecified atom stereocenters. The Hall–Kier alpha value is -1.12. The predicted octanol–water partition coefficient (Wildman–Crippen LogP) is -4.48. The standard InChI is InChI=1S/2C17H25NO4.3Na.H2O/c2*19-15-11-8-7-10-14(15)17(22)18-13-9-5-3-1-2-4-6-12-16(20)21;;;;/h2*7-8,10-11,19H,1-6,9,12-13H2,(H,18,22)(H,20,21);;;;1H2/q;;3*+1;/p-3. The number of aromatic hydroxyl groups is 1. The summed E-state index contributed by atoms with van der Waals surface area (Å²) in [6.07, 6.45) is 14.0. The zero-order chi connectivity index (χ0) is 32.4. The van der Waals surface area contributed by atoms with Gasteiger partial charge < -0.3 is 41.3 Å². The van der Waals surface area contributed by atoms with Crippen LogP contribution in [0.25, 0.3) is 0 Å². The summed E-state index contributed by atoms with van der Waals surface area (Å²) in [5.41, 5.74) is 0.497. The molecule has 11 nitrogen and oxygen atoms in total. The molecular weight excluding hydrogens is 649 g/mol. The number of hydrogen-bond donors (Lipinski definition) is 4. The van der Waals surface area contributed by atoms with E-state index in [-0.39, 0.29) is 136 Å². The van der Waals surface area contributed by atoms with Crippen molar-refractivity contribution in [1.29, 1.82) is 0 Å². The number of carbonyl (C=O) groups excluding carboxylic acids is 3. The molecule has 0 aliphatic heterocycles. The Balaban J connectivity index is -0.000000372. The fourth-order valence-corrected chi connectivity index (χ4v) is 4.48. The van der Waals surface area contributed by atoms with Crippen molar-refractivity contribution in [3.63, 3.8) is 0 Å². The number of carboxylic acids is 2. The van der Waals surface area contributed by atoms with E-state index in [1.54, 1.807) is 30.3 Å². The maximum absolute atomic E-state index is 11.8. The summed E-state index contributed by atoms with van der Waals surface area (Å²) in [5, 5.41) is 45.3. The minimum absolute atomic E-state index is 0. The van der Waals surface area contributed by atoms with Gasteiger partial charge >= 0.3 is 94.6 Å². The first-order chi connectivity index (χ1) is 21.2. The topological polar surface area (TPSA) is 209 Å². The van der Waals surface area contributed by atoms with Gasteiger partial charge in [0.05, 0.1) is 5.56 Å². The molecule has 252 valence electrons. The number of phenolic OH excluding ortho intramolecular Hbond substituents is 1. The average Bonchev–Trinajstić information content (AvgIpc) is 2.99. The van der Waals surface area contributed by atoms with E-state index in [2.05, 4.69) is 10.6 Å². The van der Waals surface area contributed by atoms with Crippen molar-refractivity contribution in [1.82, 2.24) is 10.6 Å². The van der Waals surface area contributed by atoms with E-state index < -0.39 is 11.9 Å². The Kier molecular flexibility index (Phi) is 39.9. The third-order valence-electron chi connectivity index (χ3n) is 6.98. The SMILES string of the molecule is O=C(O)CCCCCCCCCNC(=O)c1ccccc1O.O=C([O-])CCCCCCCCCNC(=O)c1ccccc1[O-].[Na+].[Na+].[Na+].[OH-]. The first-order valence-corrected chi connectivity index (χ1v) is 15.7. The molecule has 0 heterocycles. The smallest absolute Gasteiger partial charge is 0.872 e. The Labute approximate surface area is 351 Å². The molecule has 0 aromatic heterocycles. The number of para-hydroxylation sites is 2. The summed E-state index contributed by atoms with van der Waals surface area (Å²) in [6.45, 7) is 1.17. The third kappa shape index (κ3) is 28.7. The van der Waals surface area contributed by atoms with Crippen LogP contribution < -0.4 is 110 Å². The maximum Gasteiger partial charge on any atom is 1.00 e. The molecule has 14 heteroatoms. The van der Waals surface area contributed by atoms with Gasteiger partial charge in [-0.2, -0.15) is 0 Å². The van der Waals surface area contributed by atoms with Crippen LogP contribution >= 0.6 is 0 Å². The molecule has 0 fully saturated rings. The first-order valence-electron chi connectivity index (χ1n) is 15.7. The van der Waals surface area contributed by atoms with Crippen molar-refractivity contribution in [3.8, 4) is 11.5 Å². The molecule has 0 saturated heterocycles. The summed E-state index contributed by atoms with van der Waals surface area (Å²) in [7, 11) is 0. The van der Waals surface area contributed by atoms with Crippen LogP contribution in [-0.4, -0.2) is 52.5 Å². The molecule has 0 aliphatic carbocycles. The summed E-state index contributed by atoms with van der Waals surface area (Å²) in [4.78, 5) is 44.1. The van der Waals surface area contributed by atoms with Gasteiger partial charge in [0, 0.05) is 31.0 Å². The molecule has 2 aromatic rings. The van der Waals surface area contributed by atoms with Crippen LogP contribution in [0.4, 0.5) is 0 Å². The third-order valence-corrected chi connectivity index (χ3v) is 6.98. The molecule has 2 rings (SSSR count).